The van der Waals surface area contributed by atoms with Crippen LogP contribution in [0, 0.1) is 0 Å². The molecule has 0 radical (unpaired) electrons. The number of pyridine rings is 2. The van der Waals surface area contributed by atoms with Crippen molar-refractivity contribution >= 4 is 45.5 Å². The number of nitrogens with two attached hydrogens (primary N) is 1. The molecule has 0 aliphatic carbocycles. The molecule has 0 bridgehead atoms. The number of anilines is 3. The standard InChI is InChI=1S/C27H22ClN5O5/c1-3-17(38-21-8-10-31-20-12-22(37-2)19(27(29)36)11-18(20)21)7-6-15(13-28)32-23-24(26(35)25(23)34)33-16-5-4-9-30-14-16/h3-14,32-33H,1-2H3,(H2,29,36)/b7-6-,15-13-,17-3+. The molecule has 38 heavy (non-hydrogen) atoms. The van der Waals surface area contributed by atoms with Gasteiger partial charge in [0.15, 0.2) is 0 Å². The van der Waals surface area contributed by atoms with Gasteiger partial charge in [-0.2, -0.15) is 0 Å². The average Bonchev–Trinajstić information content (AvgIpc) is 2.95. The summed E-state index contributed by atoms with van der Waals surface area (Å²) in [7, 11) is 1.44. The van der Waals surface area contributed by atoms with Gasteiger partial charge in [-0.25, -0.2) is 0 Å². The van der Waals surface area contributed by atoms with Crippen LogP contribution in [-0.2, 0) is 0 Å². The number of benzene rings is 1. The van der Waals surface area contributed by atoms with Gasteiger partial charge in [0.05, 0.1) is 35.8 Å². The van der Waals surface area contributed by atoms with E-state index in [9.17, 15) is 14.4 Å². The van der Waals surface area contributed by atoms with Crippen molar-refractivity contribution in [3.63, 3.8) is 0 Å². The lowest BCUT2D eigenvalue weighted by molar-refractivity contribution is 0.0997. The smallest absolute Gasteiger partial charge is 0.253 e. The van der Waals surface area contributed by atoms with Crippen LogP contribution in [-0.4, -0.2) is 23.0 Å². The van der Waals surface area contributed by atoms with Crippen molar-refractivity contribution in [1.29, 1.82) is 0 Å². The number of aromatic nitrogens is 2. The first kappa shape index (κ1) is 26.1. The second kappa shape index (κ2) is 11.4. The van der Waals surface area contributed by atoms with Gasteiger partial charge in [-0.1, -0.05) is 11.6 Å². The minimum Gasteiger partial charge on any atom is -0.496 e. The number of hydrogen-bond acceptors (Lipinski definition) is 9. The molecule has 2 aromatic heterocycles. The van der Waals surface area contributed by atoms with Gasteiger partial charge in [-0.05, 0) is 49.4 Å². The van der Waals surface area contributed by atoms with Crippen LogP contribution in [0.3, 0.4) is 0 Å². The van der Waals surface area contributed by atoms with Crippen LogP contribution >= 0.6 is 11.6 Å². The molecule has 0 unspecified atom stereocenters. The molecular formula is C27H22ClN5O5. The number of allylic oxidation sites excluding steroid dienone is 3. The highest BCUT2D eigenvalue weighted by atomic mass is 35.5. The highest BCUT2D eigenvalue weighted by Crippen LogP contribution is 2.31. The monoisotopic (exact) mass is 531 g/mol. The number of amides is 1. The van der Waals surface area contributed by atoms with Crippen LogP contribution in [0.25, 0.3) is 10.9 Å². The summed E-state index contributed by atoms with van der Waals surface area (Å²) in [5.41, 5.74) is 7.20. The number of fused-ring (bicyclic) bond motifs is 1. The molecule has 0 atom stereocenters. The number of methoxy groups -OCH3 is 1. The zero-order valence-corrected chi connectivity index (χ0v) is 21.1. The molecule has 192 valence electrons. The normalized spacial score (nSPS) is 12.2. The molecule has 0 aliphatic heterocycles. The van der Waals surface area contributed by atoms with Crippen molar-refractivity contribution in [1.82, 2.24) is 9.97 Å². The molecule has 4 rings (SSSR count). The molecule has 2 aromatic carbocycles. The van der Waals surface area contributed by atoms with Crippen LogP contribution in [0.2, 0.25) is 0 Å². The van der Waals surface area contributed by atoms with Crippen LogP contribution < -0.4 is 36.7 Å². The number of halogens is 1. The number of carbonyl (C=O) groups excluding carboxylic acids is 1. The molecule has 0 saturated heterocycles. The fraction of sp³-hybridized carbons (Fsp3) is 0.0741. The predicted octanol–water partition coefficient (Wildman–Crippen LogP) is 4.11. The minimum absolute atomic E-state index is 0.0754. The molecule has 0 spiro atoms. The average molecular weight is 532 g/mol. The SMILES string of the molecule is C\C=C(/C=C\C(=C\Cl)Nc1c(Nc2cccnc2)c(=O)c1=O)Oc1ccnc2cc(OC)c(C(N)=O)cc12. The van der Waals surface area contributed by atoms with E-state index in [4.69, 9.17) is 26.8 Å². The van der Waals surface area contributed by atoms with E-state index in [1.54, 1.807) is 67.9 Å². The Labute approximate surface area is 221 Å². The summed E-state index contributed by atoms with van der Waals surface area (Å²) in [5, 5.41) is 6.31. The lowest BCUT2D eigenvalue weighted by Gasteiger charge is -2.15. The van der Waals surface area contributed by atoms with Crippen LogP contribution in [0.1, 0.15) is 17.3 Å². The summed E-state index contributed by atoms with van der Waals surface area (Å²) < 4.78 is 11.3. The summed E-state index contributed by atoms with van der Waals surface area (Å²) in [5.74, 6) is 0.501. The van der Waals surface area contributed by atoms with Gasteiger partial charge in [-0.15, -0.1) is 0 Å². The highest BCUT2D eigenvalue weighted by Gasteiger charge is 2.21. The van der Waals surface area contributed by atoms with Crippen molar-refractivity contribution in [3.05, 3.63) is 110 Å². The molecule has 2 heterocycles. The van der Waals surface area contributed by atoms with Gasteiger partial charge in [0.25, 0.3) is 16.8 Å². The number of carbonyl (C=O) groups is 1. The molecule has 11 heteroatoms. The van der Waals surface area contributed by atoms with Crippen LogP contribution in [0.4, 0.5) is 17.1 Å². The van der Waals surface area contributed by atoms with Crippen molar-refractivity contribution in [2.75, 3.05) is 17.7 Å². The minimum atomic E-state index is -0.674. The Kier molecular flexibility index (Phi) is 7.83. The molecule has 0 saturated carbocycles. The molecule has 0 fully saturated rings. The zero-order valence-electron chi connectivity index (χ0n) is 20.3. The number of ether oxygens (including phenoxy) is 2. The van der Waals surface area contributed by atoms with E-state index in [0.29, 0.717) is 39.5 Å². The predicted molar refractivity (Wildman–Crippen MR) is 147 cm³/mol. The first-order chi connectivity index (χ1) is 18.4. The number of rotatable bonds is 10. The molecular weight excluding hydrogens is 510 g/mol. The zero-order chi connectivity index (χ0) is 27.2. The Hall–Kier alpha value is -4.96. The molecule has 0 aliphatic rings. The third-order valence-electron chi connectivity index (χ3n) is 5.46. The maximum atomic E-state index is 12.2. The number of primary amides is 1. The van der Waals surface area contributed by atoms with Crippen molar-refractivity contribution in [2.24, 2.45) is 5.73 Å². The maximum Gasteiger partial charge on any atom is 0.253 e. The van der Waals surface area contributed by atoms with E-state index in [1.807, 2.05) is 0 Å². The fourth-order valence-corrected chi connectivity index (χ4v) is 3.67. The quantitative estimate of drug-likeness (QED) is 0.156. The highest BCUT2D eigenvalue weighted by molar-refractivity contribution is 6.26. The van der Waals surface area contributed by atoms with Crippen LogP contribution in [0.15, 0.2) is 93.7 Å². The van der Waals surface area contributed by atoms with Gasteiger partial charge < -0.3 is 25.8 Å². The molecule has 4 N–H and O–H groups in total. The summed E-state index contributed by atoms with van der Waals surface area (Å²) in [6, 6.07) is 8.22. The van der Waals surface area contributed by atoms with Gasteiger partial charge in [0.1, 0.15) is 28.6 Å². The van der Waals surface area contributed by atoms with Gasteiger partial charge in [0.2, 0.25) is 0 Å². The topological polar surface area (TPSA) is 146 Å². The van der Waals surface area contributed by atoms with E-state index >= 15 is 0 Å². The van der Waals surface area contributed by atoms with Gasteiger partial charge in [0, 0.05) is 29.4 Å². The Morgan fingerprint density at radius 1 is 1.08 bits per heavy atom. The maximum absolute atomic E-state index is 12.2. The van der Waals surface area contributed by atoms with E-state index in [0.717, 1.165) is 0 Å². The summed E-state index contributed by atoms with van der Waals surface area (Å²) in [6.45, 7) is 1.77. The third kappa shape index (κ3) is 5.40. The summed E-state index contributed by atoms with van der Waals surface area (Å²) >= 11 is 5.98. The Bertz CT molecular complexity index is 1670. The molecule has 1 amide bonds. The Morgan fingerprint density at radius 2 is 1.87 bits per heavy atom. The van der Waals surface area contributed by atoms with Crippen molar-refractivity contribution in [3.8, 4) is 11.5 Å². The van der Waals surface area contributed by atoms with Crippen molar-refractivity contribution in [2.45, 2.75) is 6.92 Å². The largest absolute Gasteiger partial charge is 0.496 e. The number of nitrogens with one attached hydrogen (secondary N) is 2. The first-order valence-electron chi connectivity index (χ1n) is 11.2. The second-order valence-corrected chi connectivity index (χ2v) is 8.05. The second-order valence-electron chi connectivity index (χ2n) is 7.83. The first-order valence-corrected chi connectivity index (χ1v) is 11.7. The number of nitrogens with zero attached hydrogens (tertiary/aromatic N) is 2. The van der Waals surface area contributed by atoms with E-state index in [1.165, 1.54) is 18.8 Å². The van der Waals surface area contributed by atoms with Gasteiger partial charge in [-0.3, -0.25) is 24.4 Å². The Balaban J connectivity index is 1.55. The van der Waals surface area contributed by atoms with E-state index < -0.39 is 16.8 Å². The lowest BCUT2D eigenvalue weighted by Crippen LogP contribution is -2.36. The molecule has 10 nitrogen and oxygen atoms in total. The van der Waals surface area contributed by atoms with Crippen LogP contribution in [0.5, 0.6) is 11.5 Å². The summed E-state index contributed by atoms with van der Waals surface area (Å²) in [4.78, 5) is 44.5. The lowest BCUT2D eigenvalue weighted by atomic mass is 10.1. The third-order valence-corrected chi connectivity index (χ3v) is 5.69. The van der Waals surface area contributed by atoms with E-state index in [2.05, 4.69) is 20.6 Å². The summed E-state index contributed by atoms with van der Waals surface area (Å²) in [6.07, 6.45) is 9.58. The molecule has 4 aromatic rings. The van der Waals surface area contributed by atoms with E-state index in [-0.39, 0.29) is 16.9 Å². The Morgan fingerprint density at radius 3 is 2.53 bits per heavy atom. The fourth-order valence-electron chi connectivity index (χ4n) is 3.55. The van der Waals surface area contributed by atoms with Gasteiger partial charge >= 0.3 is 0 Å². The number of hydrogen-bond donors (Lipinski definition) is 3. The van der Waals surface area contributed by atoms with Crippen molar-refractivity contribution < 1.29 is 14.3 Å².